The maximum absolute atomic E-state index is 5.41. The van der Waals surface area contributed by atoms with Gasteiger partial charge in [0.1, 0.15) is 0 Å². The molecule has 68 heavy (non-hydrogen) atoms. The van der Waals surface area contributed by atoms with E-state index in [2.05, 4.69) is 249 Å². The summed E-state index contributed by atoms with van der Waals surface area (Å²) in [5.41, 5.74) is 18.8. The molecule has 0 N–H and O–H groups in total. The van der Waals surface area contributed by atoms with E-state index < -0.39 is 5.41 Å². The van der Waals surface area contributed by atoms with Gasteiger partial charge in [0.15, 0.2) is 5.82 Å². The molecular formula is C65H42N2S. The van der Waals surface area contributed by atoms with Crippen molar-refractivity contribution in [2.45, 2.75) is 5.41 Å². The zero-order valence-corrected chi connectivity index (χ0v) is 37.9. The Hall–Kier alpha value is -8.50. The number of benzene rings is 10. The second-order valence-corrected chi connectivity index (χ2v) is 18.8. The normalized spacial score (nSPS) is 12.5. The molecule has 10 aromatic carbocycles. The van der Waals surface area contributed by atoms with Crippen molar-refractivity contribution < 1.29 is 0 Å². The van der Waals surface area contributed by atoms with Crippen LogP contribution in [0.25, 0.3) is 98.6 Å². The van der Waals surface area contributed by atoms with Gasteiger partial charge in [-0.2, -0.15) is 0 Å². The molecule has 2 nitrogen and oxygen atoms in total. The van der Waals surface area contributed by atoms with Crippen molar-refractivity contribution >= 4 is 31.5 Å². The minimum absolute atomic E-state index is 0.479. The van der Waals surface area contributed by atoms with E-state index in [1.807, 2.05) is 17.4 Å². The van der Waals surface area contributed by atoms with Crippen molar-refractivity contribution in [1.29, 1.82) is 0 Å². The monoisotopic (exact) mass is 882 g/mol. The molecule has 1 aliphatic rings. The quantitative estimate of drug-likeness (QED) is 0.152. The average Bonchev–Trinajstić information content (AvgIpc) is 3.95. The number of thiophene rings is 1. The molecule has 0 saturated heterocycles. The smallest absolute Gasteiger partial charge is 0.160 e. The Balaban J connectivity index is 1.01. The van der Waals surface area contributed by atoms with Crippen LogP contribution in [0.2, 0.25) is 0 Å². The Morgan fingerprint density at radius 2 is 0.765 bits per heavy atom. The highest BCUT2D eigenvalue weighted by Crippen LogP contribution is 2.56. The van der Waals surface area contributed by atoms with Crippen molar-refractivity contribution in [3.8, 4) is 78.4 Å². The zero-order chi connectivity index (χ0) is 45.0. The molecule has 2 aromatic heterocycles. The molecule has 0 bridgehead atoms. The first-order chi connectivity index (χ1) is 33.7. The fourth-order valence-electron chi connectivity index (χ4n) is 10.6. The van der Waals surface area contributed by atoms with Crippen LogP contribution in [0.5, 0.6) is 0 Å². The maximum atomic E-state index is 5.41. The van der Waals surface area contributed by atoms with Crippen molar-refractivity contribution in [1.82, 2.24) is 9.97 Å². The van der Waals surface area contributed by atoms with Crippen LogP contribution in [-0.4, -0.2) is 9.97 Å². The topological polar surface area (TPSA) is 25.8 Å². The van der Waals surface area contributed by atoms with E-state index in [1.165, 1.54) is 70.2 Å². The summed E-state index contributed by atoms with van der Waals surface area (Å²) in [7, 11) is 0. The van der Waals surface area contributed by atoms with Gasteiger partial charge in [0.25, 0.3) is 0 Å². The van der Waals surface area contributed by atoms with Gasteiger partial charge >= 0.3 is 0 Å². The highest BCUT2D eigenvalue weighted by Gasteiger charge is 2.46. The first-order valence-electron chi connectivity index (χ1n) is 23.2. The molecule has 12 aromatic rings. The second-order valence-electron chi connectivity index (χ2n) is 17.7. The molecule has 13 rings (SSSR count). The lowest BCUT2D eigenvalue weighted by Gasteiger charge is -2.33. The minimum atomic E-state index is -0.479. The third-order valence-corrected chi connectivity index (χ3v) is 14.9. The van der Waals surface area contributed by atoms with E-state index in [-0.39, 0.29) is 0 Å². The zero-order valence-electron chi connectivity index (χ0n) is 37.1. The highest BCUT2D eigenvalue weighted by molar-refractivity contribution is 7.25. The summed E-state index contributed by atoms with van der Waals surface area (Å²) < 4.78 is 2.59. The maximum Gasteiger partial charge on any atom is 0.160 e. The van der Waals surface area contributed by atoms with Crippen LogP contribution in [0.15, 0.2) is 255 Å². The molecular weight excluding hydrogens is 841 g/mol. The lowest BCUT2D eigenvalue weighted by atomic mass is 9.67. The molecule has 318 valence electrons. The van der Waals surface area contributed by atoms with Crippen LogP contribution >= 0.6 is 11.3 Å². The number of nitrogens with zero attached hydrogens (tertiary/aromatic N) is 2. The van der Waals surface area contributed by atoms with E-state index in [4.69, 9.17) is 9.97 Å². The minimum Gasteiger partial charge on any atom is -0.228 e. The van der Waals surface area contributed by atoms with Crippen LogP contribution in [0.1, 0.15) is 22.3 Å². The fourth-order valence-corrected chi connectivity index (χ4v) is 11.7. The van der Waals surface area contributed by atoms with E-state index >= 15 is 0 Å². The number of fused-ring (bicyclic) bond motifs is 6. The summed E-state index contributed by atoms with van der Waals surface area (Å²) in [5.74, 6) is 0.687. The van der Waals surface area contributed by atoms with Crippen molar-refractivity contribution in [2.24, 2.45) is 0 Å². The molecule has 0 spiro atoms. The van der Waals surface area contributed by atoms with Crippen LogP contribution in [-0.2, 0) is 5.41 Å². The Labute approximate surface area is 400 Å². The summed E-state index contributed by atoms with van der Waals surface area (Å²) in [5, 5.41) is 2.57. The van der Waals surface area contributed by atoms with Gasteiger partial charge in [0.2, 0.25) is 0 Å². The summed E-state index contributed by atoms with van der Waals surface area (Å²) >= 11 is 1.85. The predicted molar refractivity (Wildman–Crippen MR) is 285 cm³/mol. The largest absolute Gasteiger partial charge is 0.228 e. The highest BCUT2D eigenvalue weighted by atomic mass is 32.1. The summed E-state index contributed by atoms with van der Waals surface area (Å²) in [6.07, 6.45) is 0. The lowest BCUT2D eigenvalue weighted by molar-refractivity contribution is 0.768. The Bertz CT molecular complexity index is 3780. The molecule has 1 aliphatic carbocycles. The van der Waals surface area contributed by atoms with E-state index in [9.17, 15) is 0 Å². The molecule has 0 unspecified atom stereocenters. The molecule has 0 aliphatic heterocycles. The number of aromatic nitrogens is 2. The van der Waals surface area contributed by atoms with Crippen molar-refractivity contribution in [3.63, 3.8) is 0 Å². The number of hydrogen-bond donors (Lipinski definition) is 0. The van der Waals surface area contributed by atoms with Gasteiger partial charge in [-0.3, -0.25) is 0 Å². The standard InChI is InChI=1S/C65H42N2S/c1-5-17-43(18-6-1)44-29-31-45(32-30-44)49-37-50(47-34-36-63-57(40-47)55-26-14-16-28-62(55)68-63)39-51(38-49)61-42-60(66-64(67-61)46-19-7-2-8-20-46)48-33-35-59-56(41-48)54-25-13-15-27-58(54)65(59,52-21-9-3-10-22-52)53-23-11-4-12-24-53/h1-42H. The third-order valence-electron chi connectivity index (χ3n) is 13.8. The Morgan fingerprint density at radius 1 is 0.279 bits per heavy atom. The van der Waals surface area contributed by atoms with Gasteiger partial charge in [0, 0.05) is 36.9 Å². The van der Waals surface area contributed by atoms with Crippen molar-refractivity contribution in [3.05, 3.63) is 277 Å². The van der Waals surface area contributed by atoms with Crippen LogP contribution in [0.3, 0.4) is 0 Å². The Kier molecular flexibility index (Phi) is 9.62. The first kappa shape index (κ1) is 39.8. The van der Waals surface area contributed by atoms with Gasteiger partial charge in [-0.05, 0) is 115 Å². The average molecular weight is 883 g/mol. The summed E-state index contributed by atoms with van der Waals surface area (Å²) in [6, 6.07) is 92.5. The van der Waals surface area contributed by atoms with Crippen LogP contribution < -0.4 is 0 Å². The number of rotatable bonds is 8. The van der Waals surface area contributed by atoms with Crippen molar-refractivity contribution in [2.75, 3.05) is 0 Å². The van der Waals surface area contributed by atoms with Gasteiger partial charge in [-0.1, -0.05) is 206 Å². The molecule has 0 fully saturated rings. The second kappa shape index (κ2) is 16.4. The van der Waals surface area contributed by atoms with Gasteiger partial charge < -0.3 is 0 Å². The van der Waals surface area contributed by atoms with Gasteiger partial charge in [0.05, 0.1) is 16.8 Å². The van der Waals surface area contributed by atoms with E-state index in [1.54, 1.807) is 0 Å². The SMILES string of the molecule is c1ccc(-c2ccc(-c3cc(-c4ccc5sc6ccccc6c5c4)cc(-c4cc(-c5ccc6c(c5)-c5ccccc5C6(c5ccccc5)c5ccccc5)nc(-c5ccccc5)n4)c3)cc2)cc1. The number of hydrogen-bond acceptors (Lipinski definition) is 3. The Morgan fingerprint density at radius 3 is 1.47 bits per heavy atom. The molecule has 2 heterocycles. The predicted octanol–water partition coefficient (Wildman–Crippen LogP) is 17.2. The molecule has 0 atom stereocenters. The van der Waals surface area contributed by atoms with E-state index in [0.717, 1.165) is 44.8 Å². The van der Waals surface area contributed by atoms with Crippen LogP contribution in [0.4, 0.5) is 0 Å². The molecule has 0 radical (unpaired) electrons. The molecule has 3 heteroatoms. The van der Waals surface area contributed by atoms with Gasteiger partial charge in [-0.15, -0.1) is 11.3 Å². The fraction of sp³-hybridized carbons (Fsp3) is 0.0154. The van der Waals surface area contributed by atoms with E-state index in [0.29, 0.717) is 5.82 Å². The molecule has 0 saturated carbocycles. The molecule has 0 amide bonds. The lowest BCUT2D eigenvalue weighted by Crippen LogP contribution is -2.28. The summed E-state index contributed by atoms with van der Waals surface area (Å²) in [6.45, 7) is 0. The summed E-state index contributed by atoms with van der Waals surface area (Å²) in [4.78, 5) is 10.8. The van der Waals surface area contributed by atoms with Gasteiger partial charge in [-0.25, -0.2) is 9.97 Å². The van der Waals surface area contributed by atoms with Crippen LogP contribution in [0, 0.1) is 0 Å². The first-order valence-corrected chi connectivity index (χ1v) is 24.0. The third kappa shape index (κ3) is 6.70.